The fraction of sp³-hybridized carbons (Fsp3) is 0.538. The highest BCUT2D eigenvalue weighted by atomic mass is 79.9. The number of aliphatic hydroxyl groups excluding tert-OH is 1. The van der Waals surface area contributed by atoms with Crippen LogP contribution in [0.1, 0.15) is 20.1 Å². The number of ether oxygens (including phenoxy) is 1. The average Bonchev–Trinajstić information content (AvgIpc) is 2.76. The molecule has 1 aliphatic heterocycles. The quantitative estimate of drug-likeness (QED) is 0.544. The van der Waals surface area contributed by atoms with E-state index in [9.17, 15) is 24.6 Å². The van der Waals surface area contributed by atoms with Gasteiger partial charge in [0.25, 0.3) is 0 Å². The number of carbonyl (C=O) groups is 2. The zero-order chi connectivity index (χ0) is 18.4. The zero-order valence-corrected chi connectivity index (χ0v) is 15.0. The molecule has 2 rings (SSSR count). The Morgan fingerprint density at radius 2 is 2.12 bits per heavy atom. The lowest BCUT2D eigenvalue weighted by molar-refractivity contribution is -0.158. The lowest BCUT2D eigenvalue weighted by atomic mass is 9.86. The van der Waals surface area contributed by atoms with E-state index in [1.807, 2.05) is 0 Å². The number of nitrogens with two attached hydrogens (primary N) is 1. The van der Waals surface area contributed by atoms with Crippen LogP contribution in [0.5, 0.6) is 0 Å². The maximum atomic E-state index is 12.0. The lowest BCUT2D eigenvalue weighted by Crippen LogP contribution is -2.56. The number of Topliss-reactive ketones (excluding diaryl/α,β-unsaturated/α-hetero) is 2. The van der Waals surface area contributed by atoms with Crippen LogP contribution in [0, 0.1) is 0 Å². The topological polar surface area (TPSA) is 145 Å². The van der Waals surface area contributed by atoms with Gasteiger partial charge in [-0.25, -0.2) is 4.79 Å². The number of halogens is 2. The van der Waals surface area contributed by atoms with Gasteiger partial charge in [0, 0.05) is 6.20 Å². The number of aliphatic hydroxyl groups is 2. The van der Waals surface area contributed by atoms with E-state index in [2.05, 4.69) is 20.9 Å². The molecule has 0 spiro atoms. The summed E-state index contributed by atoms with van der Waals surface area (Å²) in [7, 11) is 0. The number of nitrogen functional groups attached to an aromatic ring is 1. The Kier molecular flexibility index (Phi) is 5.17. The summed E-state index contributed by atoms with van der Waals surface area (Å²) in [4.78, 5) is 37.8. The number of rotatable bonds is 4. The van der Waals surface area contributed by atoms with Crippen LogP contribution in [-0.4, -0.2) is 54.0 Å². The summed E-state index contributed by atoms with van der Waals surface area (Å²) >= 11 is 8.96. The fourth-order valence-corrected chi connectivity index (χ4v) is 3.58. The van der Waals surface area contributed by atoms with Crippen LogP contribution in [0.3, 0.4) is 0 Å². The largest absolute Gasteiger partial charge is 0.382 e. The third-order valence-electron chi connectivity index (χ3n) is 3.87. The fourth-order valence-electron chi connectivity index (χ4n) is 2.47. The van der Waals surface area contributed by atoms with Gasteiger partial charge in [-0.1, -0.05) is 27.5 Å². The van der Waals surface area contributed by atoms with Crippen molar-refractivity contribution in [3.05, 3.63) is 21.7 Å². The highest BCUT2D eigenvalue weighted by Crippen LogP contribution is 2.43. The molecule has 1 unspecified atom stereocenters. The smallest absolute Gasteiger partial charge is 0.351 e. The molecule has 9 nitrogen and oxygen atoms in total. The summed E-state index contributed by atoms with van der Waals surface area (Å²) in [5.41, 5.74) is 2.36. The molecule has 0 bridgehead atoms. The molecule has 1 saturated heterocycles. The number of nitrogens with zero attached hydrogens (tertiary/aromatic N) is 2. The molecule has 5 atom stereocenters. The van der Waals surface area contributed by atoms with E-state index in [0.29, 0.717) is 0 Å². The Hall–Kier alpha value is -1.33. The predicted molar refractivity (Wildman–Crippen MR) is 86.9 cm³/mol. The molecule has 2 heterocycles. The Labute approximate surface area is 149 Å². The number of carbonyl (C=O) groups excluding carboxylic acids is 2. The minimum atomic E-state index is -2.25. The van der Waals surface area contributed by atoms with Crippen molar-refractivity contribution in [3.8, 4) is 0 Å². The zero-order valence-electron chi connectivity index (χ0n) is 12.6. The predicted octanol–water partition coefficient (Wildman–Crippen LogP) is -0.590. The second-order valence-corrected chi connectivity index (χ2v) is 6.84. The first kappa shape index (κ1) is 19.0. The Bertz CT molecular complexity index is 756. The normalized spacial score (nSPS) is 31.0. The number of ketones is 2. The molecule has 0 radical (unpaired) electrons. The van der Waals surface area contributed by atoms with Crippen molar-refractivity contribution >= 4 is 44.9 Å². The summed E-state index contributed by atoms with van der Waals surface area (Å²) in [6.07, 6.45) is -3.47. The average molecular weight is 425 g/mol. The third-order valence-corrected chi connectivity index (χ3v) is 5.31. The van der Waals surface area contributed by atoms with Crippen LogP contribution in [0.4, 0.5) is 5.82 Å². The van der Waals surface area contributed by atoms with E-state index in [-0.39, 0.29) is 10.8 Å². The summed E-state index contributed by atoms with van der Waals surface area (Å²) in [6.45, 7) is 2.16. The van der Waals surface area contributed by atoms with E-state index in [4.69, 9.17) is 22.1 Å². The number of hydrogen-bond donors (Lipinski definition) is 3. The van der Waals surface area contributed by atoms with Crippen molar-refractivity contribution in [3.63, 3.8) is 0 Å². The van der Waals surface area contributed by atoms with Crippen LogP contribution < -0.4 is 11.4 Å². The van der Waals surface area contributed by atoms with Gasteiger partial charge in [0.15, 0.2) is 23.4 Å². The molecule has 1 aromatic rings. The van der Waals surface area contributed by atoms with Crippen molar-refractivity contribution in [2.45, 2.75) is 42.7 Å². The number of aromatic nitrogens is 2. The summed E-state index contributed by atoms with van der Waals surface area (Å²) in [5.74, 6) is -1.65. The monoisotopic (exact) mass is 423 g/mol. The van der Waals surface area contributed by atoms with Crippen molar-refractivity contribution in [2.24, 2.45) is 0 Å². The molecule has 4 N–H and O–H groups in total. The molecule has 0 aromatic carbocycles. The Morgan fingerprint density at radius 3 is 2.62 bits per heavy atom. The minimum absolute atomic E-state index is 0.0418. The van der Waals surface area contributed by atoms with Crippen LogP contribution in [0.25, 0.3) is 0 Å². The molecular formula is C13H15BrClN3O6. The first-order chi connectivity index (χ1) is 11.0. The maximum Gasteiger partial charge on any atom is 0.351 e. The van der Waals surface area contributed by atoms with Crippen molar-refractivity contribution < 1.29 is 24.5 Å². The van der Waals surface area contributed by atoms with Crippen LogP contribution >= 0.6 is 27.5 Å². The molecule has 24 heavy (non-hydrogen) atoms. The van der Waals surface area contributed by atoms with Gasteiger partial charge < -0.3 is 20.7 Å². The van der Waals surface area contributed by atoms with Gasteiger partial charge in [-0.15, -0.1) is 0 Å². The summed E-state index contributed by atoms with van der Waals surface area (Å²) in [5, 5.41) is 20.7. The lowest BCUT2D eigenvalue weighted by Gasteiger charge is -2.30. The molecule has 1 aromatic heterocycles. The van der Waals surface area contributed by atoms with E-state index >= 15 is 0 Å². The van der Waals surface area contributed by atoms with Gasteiger partial charge in [-0.2, -0.15) is 4.98 Å². The van der Waals surface area contributed by atoms with Gasteiger partial charge in [-0.05, 0) is 13.8 Å². The van der Waals surface area contributed by atoms with Gasteiger partial charge >= 0.3 is 5.69 Å². The molecule has 1 fully saturated rings. The van der Waals surface area contributed by atoms with Crippen LogP contribution in [-0.2, 0) is 14.3 Å². The van der Waals surface area contributed by atoms with E-state index < -0.39 is 46.1 Å². The first-order valence-electron chi connectivity index (χ1n) is 6.77. The standard InChI is InChI=1S/C13H15BrClN3O6/c1-4(19)7(21)9-13(23,5(2)20)8(14)11(24-9)18-3-6(15)10(16)17-12(18)22/h3,7-9,11,21,23H,1-2H3,(H2,16,17,22)/t7?,8-,9+,11+,13-/m0/s1. The number of alkyl halides is 1. The molecule has 0 saturated carbocycles. The second-order valence-electron chi connectivity index (χ2n) is 5.45. The van der Waals surface area contributed by atoms with Crippen LogP contribution in [0.15, 0.2) is 11.0 Å². The number of anilines is 1. The van der Waals surface area contributed by atoms with Crippen molar-refractivity contribution in [1.82, 2.24) is 9.55 Å². The molecule has 11 heteroatoms. The van der Waals surface area contributed by atoms with Crippen LogP contribution in [0.2, 0.25) is 5.02 Å². The minimum Gasteiger partial charge on any atom is -0.382 e. The summed E-state index contributed by atoms with van der Waals surface area (Å²) < 4.78 is 6.39. The third kappa shape index (κ3) is 2.88. The molecular weight excluding hydrogens is 410 g/mol. The molecule has 132 valence electrons. The SMILES string of the molecule is CC(=O)C(O)[C@H]1O[C@@H](n2cc(Cl)c(N)nc2=O)[C@H](Br)[C@@]1(O)C(C)=O. The molecule has 1 aliphatic rings. The van der Waals surface area contributed by atoms with Gasteiger partial charge in [0.2, 0.25) is 0 Å². The van der Waals surface area contributed by atoms with Gasteiger partial charge in [0.05, 0.1) is 9.85 Å². The summed E-state index contributed by atoms with van der Waals surface area (Å²) in [6, 6.07) is 0. The Balaban J connectivity index is 2.55. The highest BCUT2D eigenvalue weighted by molar-refractivity contribution is 9.09. The highest BCUT2D eigenvalue weighted by Gasteiger charge is 2.61. The van der Waals surface area contributed by atoms with E-state index in [0.717, 1.165) is 24.6 Å². The van der Waals surface area contributed by atoms with Crippen molar-refractivity contribution in [1.29, 1.82) is 0 Å². The molecule has 0 amide bonds. The first-order valence-corrected chi connectivity index (χ1v) is 8.06. The van der Waals surface area contributed by atoms with E-state index in [1.54, 1.807) is 0 Å². The number of hydrogen-bond acceptors (Lipinski definition) is 8. The van der Waals surface area contributed by atoms with Crippen molar-refractivity contribution in [2.75, 3.05) is 5.73 Å². The molecule has 0 aliphatic carbocycles. The Morgan fingerprint density at radius 1 is 1.54 bits per heavy atom. The maximum absolute atomic E-state index is 12.0. The van der Waals surface area contributed by atoms with E-state index in [1.165, 1.54) is 0 Å². The van der Waals surface area contributed by atoms with Gasteiger partial charge in [0.1, 0.15) is 18.0 Å². The second kappa shape index (κ2) is 6.52. The van der Waals surface area contributed by atoms with Gasteiger partial charge in [-0.3, -0.25) is 14.2 Å².